The van der Waals surface area contributed by atoms with Crippen molar-refractivity contribution in [1.82, 2.24) is 15.1 Å². The molecule has 1 heterocycles. The number of nitrogens with one attached hydrogen (secondary N) is 1. The molecular weight excluding hydrogens is 290 g/mol. The second-order valence-corrected chi connectivity index (χ2v) is 5.32. The molecule has 0 aliphatic heterocycles. The van der Waals surface area contributed by atoms with Crippen molar-refractivity contribution < 1.29 is 0 Å². The molecule has 2 aromatic rings. The zero-order valence-electron chi connectivity index (χ0n) is 10.7. The molecule has 1 aromatic heterocycles. The van der Waals surface area contributed by atoms with E-state index in [-0.39, 0.29) is 0 Å². The molecule has 1 unspecified atom stereocenters. The molecule has 3 nitrogen and oxygen atoms in total. The standard InChI is InChI=1S/C14H18BrN3/c1-16-13(10-12-7-8-18(2)17-12)9-11-5-3-4-6-14(11)15/h3-8,13,16H,9-10H2,1-2H3. The topological polar surface area (TPSA) is 29.9 Å². The molecule has 0 spiro atoms. The summed E-state index contributed by atoms with van der Waals surface area (Å²) >= 11 is 3.60. The highest BCUT2D eigenvalue weighted by molar-refractivity contribution is 9.10. The van der Waals surface area contributed by atoms with Gasteiger partial charge in [-0.05, 0) is 31.2 Å². The molecule has 0 saturated heterocycles. The summed E-state index contributed by atoms with van der Waals surface area (Å²) in [7, 11) is 3.95. The van der Waals surface area contributed by atoms with Crippen LogP contribution in [-0.4, -0.2) is 22.9 Å². The van der Waals surface area contributed by atoms with Crippen molar-refractivity contribution in [2.75, 3.05) is 7.05 Å². The predicted molar refractivity (Wildman–Crippen MR) is 77.6 cm³/mol. The first-order chi connectivity index (χ1) is 8.69. The zero-order valence-corrected chi connectivity index (χ0v) is 12.3. The van der Waals surface area contributed by atoms with E-state index >= 15 is 0 Å². The second-order valence-electron chi connectivity index (χ2n) is 4.47. The molecule has 96 valence electrons. The minimum absolute atomic E-state index is 0.401. The number of aromatic nitrogens is 2. The lowest BCUT2D eigenvalue weighted by molar-refractivity contribution is 0.545. The lowest BCUT2D eigenvalue weighted by atomic mass is 10.0. The fraction of sp³-hybridized carbons (Fsp3) is 0.357. The van der Waals surface area contributed by atoms with Crippen LogP contribution in [0, 0.1) is 0 Å². The molecule has 0 radical (unpaired) electrons. The molecule has 0 aliphatic carbocycles. The third-order valence-electron chi connectivity index (χ3n) is 3.06. The third-order valence-corrected chi connectivity index (χ3v) is 3.83. The summed E-state index contributed by atoms with van der Waals surface area (Å²) < 4.78 is 3.02. The summed E-state index contributed by atoms with van der Waals surface area (Å²) in [6.45, 7) is 0. The lowest BCUT2D eigenvalue weighted by Gasteiger charge is -2.15. The van der Waals surface area contributed by atoms with Crippen LogP contribution in [0.3, 0.4) is 0 Å². The van der Waals surface area contributed by atoms with Gasteiger partial charge in [0.2, 0.25) is 0 Å². The molecule has 1 atom stereocenters. The summed E-state index contributed by atoms with van der Waals surface area (Å²) in [5.74, 6) is 0. The van der Waals surface area contributed by atoms with Gasteiger partial charge in [-0.3, -0.25) is 4.68 Å². The SMILES string of the molecule is CNC(Cc1ccn(C)n1)Cc1ccccc1Br. The second kappa shape index (κ2) is 6.16. The Bertz CT molecular complexity index is 507. The fourth-order valence-electron chi connectivity index (χ4n) is 2.03. The van der Waals surface area contributed by atoms with Gasteiger partial charge in [-0.15, -0.1) is 0 Å². The summed E-state index contributed by atoms with van der Waals surface area (Å²) in [6, 6.07) is 10.8. The maximum Gasteiger partial charge on any atom is 0.0640 e. The maximum absolute atomic E-state index is 4.43. The van der Waals surface area contributed by atoms with Crippen LogP contribution in [0.25, 0.3) is 0 Å². The number of hydrogen-bond donors (Lipinski definition) is 1. The Morgan fingerprint density at radius 1 is 1.28 bits per heavy atom. The van der Waals surface area contributed by atoms with Crippen molar-refractivity contribution >= 4 is 15.9 Å². The molecule has 0 fully saturated rings. The van der Waals surface area contributed by atoms with Crippen LogP contribution >= 0.6 is 15.9 Å². The lowest BCUT2D eigenvalue weighted by Crippen LogP contribution is -2.30. The van der Waals surface area contributed by atoms with Crippen molar-refractivity contribution in [3.05, 3.63) is 52.3 Å². The largest absolute Gasteiger partial charge is 0.316 e. The minimum Gasteiger partial charge on any atom is -0.316 e. The number of hydrogen-bond acceptors (Lipinski definition) is 2. The zero-order chi connectivity index (χ0) is 13.0. The van der Waals surface area contributed by atoms with Crippen molar-refractivity contribution in [1.29, 1.82) is 0 Å². The van der Waals surface area contributed by atoms with Gasteiger partial charge in [0.1, 0.15) is 0 Å². The fourth-order valence-corrected chi connectivity index (χ4v) is 2.48. The van der Waals surface area contributed by atoms with E-state index in [1.54, 1.807) is 0 Å². The maximum atomic E-state index is 4.43. The molecule has 0 aliphatic rings. The number of rotatable bonds is 5. The first-order valence-corrected chi connectivity index (χ1v) is 6.87. The summed E-state index contributed by atoms with van der Waals surface area (Å²) in [5, 5.41) is 7.79. The minimum atomic E-state index is 0.401. The van der Waals surface area contributed by atoms with Gasteiger partial charge >= 0.3 is 0 Å². The number of aryl methyl sites for hydroxylation is 1. The Balaban J connectivity index is 2.04. The molecule has 18 heavy (non-hydrogen) atoms. The smallest absolute Gasteiger partial charge is 0.0640 e. The monoisotopic (exact) mass is 307 g/mol. The number of nitrogens with zero attached hydrogens (tertiary/aromatic N) is 2. The van der Waals surface area contributed by atoms with Gasteiger partial charge in [0, 0.05) is 30.2 Å². The van der Waals surface area contributed by atoms with Gasteiger partial charge in [0.25, 0.3) is 0 Å². The molecule has 0 amide bonds. The van der Waals surface area contributed by atoms with Gasteiger partial charge in [0.15, 0.2) is 0 Å². The van der Waals surface area contributed by atoms with E-state index < -0.39 is 0 Å². The van der Waals surface area contributed by atoms with Crippen LogP contribution < -0.4 is 5.32 Å². The average molecular weight is 308 g/mol. The summed E-state index contributed by atoms with van der Waals surface area (Å²) in [4.78, 5) is 0. The Kier molecular flexibility index (Phi) is 4.55. The van der Waals surface area contributed by atoms with Gasteiger partial charge in [0.05, 0.1) is 5.69 Å². The van der Waals surface area contributed by atoms with Gasteiger partial charge in [-0.1, -0.05) is 34.1 Å². The molecule has 4 heteroatoms. The Morgan fingerprint density at radius 3 is 2.67 bits per heavy atom. The molecule has 0 saturated carbocycles. The summed E-state index contributed by atoms with van der Waals surface area (Å²) in [6.07, 6.45) is 3.92. The van der Waals surface area contributed by atoms with Crippen molar-refractivity contribution in [3.8, 4) is 0 Å². The first kappa shape index (κ1) is 13.3. The third kappa shape index (κ3) is 3.43. The van der Waals surface area contributed by atoms with Crippen LogP contribution in [0.15, 0.2) is 41.0 Å². The molecule has 2 rings (SSSR count). The van der Waals surface area contributed by atoms with Crippen LogP contribution in [0.5, 0.6) is 0 Å². The van der Waals surface area contributed by atoms with E-state index in [2.05, 4.69) is 50.6 Å². The Hall–Kier alpha value is -1.13. The highest BCUT2D eigenvalue weighted by Crippen LogP contribution is 2.18. The summed E-state index contributed by atoms with van der Waals surface area (Å²) in [5.41, 5.74) is 2.46. The van der Waals surface area contributed by atoms with E-state index in [4.69, 9.17) is 0 Å². The molecule has 0 bridgehead atoms. The van der Waals surface area contributed by atoms with E-state index in [1.807, 2.05) is 31.0 Å². The molecular formula is C14H18BrN3. The van der Waals surface area contributed by atoms with Crippen LogP contribution in [0.2, 0.25) is 0 Å². The van der Waals surface area contributed by atoms with Crippen molar-refractivity contribution in [2.24, 2.45) is 7.05 Å². The van der Waals surface area contributed by atoms with Gasteiger partial charge < -0.3 is 5.32 Å². The molecule has 1 aromatic carbocycles. The highest BCUT2D eigenvalue weighted by atomic mass is 79.9. The van der Waals surface area contributed by atoms with Crippen molar-refractivity contribution in [3.63, 3.8) is 0 Å². The van der Waals surface area contributed by atoms with Gasteiger partial charge in [-0.25, -0.2) is 0 Å². The van der Waals surface area contributed by atoms with Crippen LogP contribution in [-0.2, 0) is 19.9 Å². The number of likely N-dealkylation sites (N-methyl/N-ethyl adjacent to an activating group) is 1. The number of benzene rings is 1. The van der Waals surface area contributed by atoms with E-state index in [1.165, 1.54) is 10.0 Å². The Morgan fingerprint density at radius 2 is 2.06 bits per heavy atom. The quantitative estimate of drug-likeness (QED) is 0.920. The Labute approximate surface area is 116 Å². The van der Waals surface area contributed by atoms with Gasteiger partial charge in [-0.2, -0.15) is 5.10 Å². The van der Waals surface area contributed by atoms with E-state index in [0.29, 0.717) is 6.04 Å². The highest BCUT2D eigenvalue weighted by Gasteiger charge is 2.11. The first-order valence-electron chi connectivity index (χ1n) is 6.08. The van der Waals surface area contributed by atoms with Crippen LogP contribution in [0.4, 0.5) is 0 Å². The van der Waals surface area contributed by atoms with Crippen molar-refractivity contribution in [2.45, 2.75) is 18.9 Å². The predicted octanol–water partition coefficient (Wildman–Crippen LogP) is 2.56. The van der Waals surface area contributed by atoms with Crippen LogP contribution in [0.1, 0.15) is 11.3 Å². The van der Waals surface area contributed by atoms with E-state index in [0.717, 1.165) is 18.5 Å². The van der Waals surface area contributed by atoms with E-state index in [9.17, 15) is 0 Å². The normalized spacial score (nSPS) is 12.6. The number of halogens is 1. The average Bonchev–Trinajstić information content (AvgIpc) is 2.76. The molecule has 1 N–H and O–H groups in total.